The van der Waals surface area contributed by atoms with E-state index in [2.05, 4.69) is 9.89 Å². The number of sulfone groups is 1. The molecule has 9 heteroatoms. The molecule has 6 nitrogen and oxygen atoms in total. The molecule has 0 spiro atoms. The first-order valence-corrected chi connectivity index (χ1v) is 12.7. The van der Waals surface area contributed by atoms with E-state index in [4.69, 9.17) is 11.6 Å². The van der Waals surface area contributed by atoms with E-state index < -0.39 is 9.84 Å². The van der Waals surface area contributed by atoms with Gasteiger partial charge in [0.2, 0.25) is 0 Å². The van der Waals surface area contributed by atoms with Crippen molar-refractivity contribution in [3.63, 3.8) is 0 Å². The van der Waals surface area contributed by atoms with Crippen LogP contribution in [0.3, 0.4) is 0 Å². The van der Waals surface area contributed by atoms with Crippen LogP contribution in [-0.4, -0.2) is 44.2 Å². The lowest BCUT2D eigenvalue weighted by atomic mass is 9.97. The molecule has 30 heavy (non-hydrogen) atoms. The molecule has 0 aliphatic carbocycles. The topological polar surface area (TPSA) is 71.7 Å². The molecule has 1 saturated heterocycles. The summed E-state index contributed by atoms with van der Waals surface area (Å²) in [6, 6.07) is 6.62. The monoisotopic (exact) mass is 467 g/mol. The molecule has 162 valence electrons. The Morgan fingerprint density at radius 1 is 1.30 bits per heavy atom. The van der Waals surface area contributed by atoms with Gasteiger partial charge >= 0.3 is 0 Å². The SMILES string of the molecule is CN=c1sc(N2CCCCC2C(=O)CCS(=O)(=O)/C=C/c2ccc(Cl)cc2)cn1C. The highest BCUT2D eigenvalue weighted by Crippen LogP contribution is 2.28. The number of benzene rings is 1. The van der Waals surface area contributed by atoms with E-state index in [1.807, 2.05) is 17.8 Å². The van der Waals surface area contributed by atoms with Crippen molar-refractivity contribution in [3.05, 3.63) is 51.3 Å². The molecule has 3 rings (SSSR count). The summed E-state index contributed by atoms with van der Waals surface area (Å²) >= 11 is 7.39. The molecule has 1 fully saturated rings. The minimum Gasteiger partial charge on any atom is -0.352 e. The fourth-order valence-electron chi connectivity index (χ4n) is 3.51. The first-order chi connectivity index (χ1) is 14.3. The normalized spacial score (nSPS) is 18.3. The predicted octanol–water partition coefficient (Wildman–Crippen LogP) is 3.67. The summed E-state index contributed by atoms with van der Waals surface area (Å²) in [4.78, 5) is 20.2. The van der Waals surface area contributed by atoms with Crippen LogP contribution in [0.1, 0.15) is 31.2 Å². The van der Waals surface area contributed by atoms with Crippen molar-refractivity contribution >= 4 is 49.6 Å². The number of carbonyl (C=O) groups is 1. The first kappa shape index (κ1) is 22.8. The third kappa shape index (κ3) is 5.83. The van der Waals surface area contributed by atoms with Crippen molar-refractivity contribution in [3.8, 4) is 0 Å². The summed E-state index contributed by atoms with van der Waals surface area (Å²) in [6.45, 7) is 0.795. The highest BCUT2D eigenvalue weighted by atomic mass is 35.5. The number of halogens is 1. The number of piperidine rings is 1. The number of anilines is 1. The Kier molecular flexibility index (Phi) is 7.55. The summed E-state index contributed by atoms with van der Waals surface area (Å²) in [5.74, 6) is -0.210. The van der Waals surface area contributed by atoms with Gasteiger partial charge in [-0.25, -0.2) is 8.42 Å². The second kappa shape index (κ2) is 9.94. The van der Waals surface area contributed by atoms with E-state index in [0.29, 0.717) is 5.02 Å². The Labute approximate surface area is 186 Å². The van der Waals surface area contributed by atoms with E-state index >= 15 is 0 Å². The molecular weight excluding hydrogens is 442 g/mol. The van der Waals surface area contributed by atoms with Gasteiger partial charge in [-0.05, 0) is 43.0 Å². The Morgan fingerprint density at radius 3 is 2.70 bits per heavy atom. The second-order valence-corrected chi connectivity index (χ2v) is 10.8. The molecule has 2 heterocycles. The molecular formula is C21H26ClN3O3S2. The van der Waals surface area contributed by atoms with E-state index in [-0.39, 0.29) is 24.0 Å². The summed E-state index contributed by atoms with van der Waals surface area (Å²) < 4.78 is 26.8. The van der Waals surface area contributed by atoms with Crippen molar-refractivity contribution in [2.24, 2.45) is 12.0 Å². The van der Waals surface area contributed by atoms with Gasteiger partial charge in [-0.2, -0.15) is 0 Å². The van der Waals surface area contributed by atoms with Gasteiger partial charge in [0.15, 0.2) is 20.4 Å². The van der Waals surface area contributed by atoms with E-state index in [9.17, 15) is 13.2 Å². The molecule has 2 aromatic rings. The maximum Gasteiger partial charge on any atom is 0.186 e. The Balaban J connectivity index is 1.66. The minimum absolute atomic E-state index is 0.0109. The molecule has 0 amide bonds. The van der Waals surface area contributed by atoms with Gasteiger partial charge in [0.1, 0.15) is 5.00 Å². The molecule has 0 radical (unpaired) electrons. The van der Waals surface area contributed by atoms with Gasteiger partial charge < -0.3 is 9.47 Å². The zero-order valence-electron chi connectivity index (χ0n) is 17.1. The van der Waals surface area contributed by atoms with Crippen LogP contribution in [0.25, 0.3) is 6.08 Å². The lowest BCUT2D eigenvalue weighted by molar-refractivity contribution is -0.120. The van der Waals surface area contributed by atoms with Gasteiger partial charge in [0, 0.05) is 43.7 Å². The third-order valence-electron chi connectivity index (χ3n) is 5.12. The zero-order valence-corrected chi connectivity index (χ0v) is 19.5. The van der Waals surface area contributed by atoms with Crippen LogP contribution in [0.5, 0.6) is 0 Å². The smallest absolute Gasteiger partial charge is 0.186 e. The maximum atomic E-state index is 12.9. The van der Waals surface area contributed by atoms with Crippen LogP contribution in [0.4, 0.5) is 5.00 Å². The average molecular weight is 468 g/mol. The Morgan fingerprint density at radius 2 is 2.03 bits per heavy atom. The number of carbonyl (C=O) groups excluding carboxylic acids is 1. The van der Waals surface area contributed by atoms with Crippen molar-refractivity contribution in [1.29, 1.82) is 0 Å². The van der Waals surface area contributed by atoms with Crippen LogP contribution in [0, 0.1) is 0 Å². The quantitative estimate of drug-likeness (QED) is 0.622. The maximum absolute atomic E-state index is 12.9. The number of ketones is 1. The third-order valence-corrected chi connectivity index (χ3v) is 7.90. The largest absolute Gasteiger partial charge is 0.352 e. The summed E-state index contributed by atoms with van der Waals surface area (Å²) in [5.41, 5.74) is 0.746. The van der Waals surface area contributed by atoms with Crippen LogP contribution in [-0.2, 0) is 21.7 Å². The van der Waals surface area contributed by atoms with Gasteiger partial charge in [0.05, 0.1) is 11.8 Å². The van der Waals surface area contributed by atoms with E-state index in [1.165, 1.54) is 11.5 Å². The standard InChI is InChI=1S/C21H26ClN3O3S2/c1-23-21-24(2)15-20(29-21)25-12-4-3-5-18(25)19(26)11-14-30(27,28)13-10-16-6-8-17(22)9-7-16/h6-10,13,15,18H,3-5,11-12,14H2,1-2H3/b13-10+,23-21?. The Hall–Kier alpha value is -1.90. The van der Waals surface area contributed by atoms with Crippen molar-refractivity contribution in [1.82, 2.24) is 4.57 Å². The molecule has 1 aliphatic heterocycles. The van der Waals surface area contributed by atoms with Gasteiger partial charge in [-0.3, -0.25) is 9.79 Å². The molecule has 0 N–H and O–H groups in total. The molecule has 0 saturated carbocycles. The highest BCUT2D eigenvalue weighted by molar-refractivity contribution is 7.94. The zero-order chi connectivity index (χ0) is 21.7. The van der Waals surface area contributed by atoms with Gasteiger partial charge in [0.25, 0.3) is 0 Å². The van der Waals surface area contributed by atoms with Gasteiger partial charge in [-0.15, -0.1) is 0 Å². The fraction of sp³-hybridized carbons (Fsp3) is 0.429. The van der Waals surface area contributed by atoms with Crippen LogP contribution in [0.2, 0.25) is 5.02 Å². The predicted molar refractivity (Wildman–Crippen MR) is 124 cm³/mol. The summed E-state index contributed by atoms with van der Waals surface area (Å²) in [6.07, 6.45) is 6.27. The van der Waals surface area contributed by atoms with E-state index in [1.54, 1.807) is 42.6 Å². The average Bonchev–Trinajstić information content (AvgIpc) is 3.12. The molecule has 1 unspecified atom stereocenters. The molecule has 0 bridgehead atoms. The Bertz CT molecular complexity index is 1090. The van der Waals surface area contributed by atoms with Gasteiger partial charge in [-0.1, -0.05) is 35.1 Å². The molecule has 1 aromatic heterocycles. The van der Waals surface area contributed by atoms with Crippen LogP contribution < -0.4 is 9.70 Å². The van der Waals surface area contributed by atoms with Crippen molar-refractivity contribution < 1.29 is 13.2 Å². The van der Waals surface area contributed by atoms with Crippen LogP contribution >= 0.6 is 22.9 Å². The minimum atomic E-state index is -3.48. The number of nitrogens with zero attached hydrogens (tertiary/aromatic N) is 3. The number of hydrogen-bond acceptors (Lipinski definition) is 6. The molecule has 1 aromatic carbocycles. The number of aromatic nitrogens is 1. The molecule has 1 atom stereocenters. The first-order valence-electron chi connectivity index (χ1n) is 9.84. The number of rotatable bonds is 7. The fourth-order valence-corrected chi connectivity index (χ4v) is 5.65. The number of hydrogen-bond donors (Lipinski definition) is 0. The number of thiazole rings is 1. The van der Waals surface area contributed by atoms with E-state index in [0.717, 1.165) is 41.2 Å². The number of Topliss-reactive ketones (excluding diaryl/α,β-unsaturated/α-hetero) is 1. The highest BCUT2D eigenvalue weighted by Gasteiger charge is 2.30. The molecule has 1 aliphatic rings. The number of aryl methyl sites for hydroxylation is 1. The lowest BCUT2D eigenvalue weighted by Gasteiger charge is -2.35. The summed E-state index contributed by atoms with van der Waals surface area (Å²) in [7, 11) is 0.198. The van der Waals surface area contributed by atoms with Crippen molar-refractivity contribution in [2.75, 3.05) is 24.2 Å². The summed E-state index contributed by atoms with van der Waals surface area (Å²) in [5, 5.41) is 2.77. The second-order valence-electron chi connectivity index (χ2n) is 7.33. The van der Waals surface area contributed by atoms with Crippen molar-refractivity contribution in [2.45, 2.75) is 31.7 Å². The lowest BCUT2D eigenvalue weighted by Crippen LogP contribution is -2.45. The van der Waals surface area contributed by atoms with Crippen LogP contribution in [0.15, 0.2) is 40.9 Å².